The van der Waals surface area contributed by atoms with Gasteiger partial charge >= 0.3 is 0 Å². The van der Waals surface area contributed by atoms with Gasteiger partial charge in [-0.3, -0.25) is 4.68 Å². The Morgan fingerprint density at radius 1 is 1.21 bits per heavy atom. The van der Waals surface area contributed by atoms with E-state index in [1.165, 1.54) is 0 Å². The fraction of sp³-hybridized carbons (Fsp3) is 0.471. The minimum absolute atomic E-state index is 0.0753. The molecule has 0 saturated carbocycles. The third-order valence-electron chi connectivity index (χ3n) is 4.25. The van der Waals surface area contributed by atoms with Gasteiger partial charge in [0, 0.05) is 31.8 Å². The maximum Gasteiger partial charge on any atom is 0.243 e. The molecule has 1 aromatic heterocycles. The standard InChI is InChI=1S/C17H23N3O3S/c1-3-23-13-15-10-19(12-16-8-9-18-20(16)11-15)24(21,22)17-6-4-14(2)5-7-17/h4-9,15H,3,10-13H2,1-2H3. The predicted molar refractivity (Wildman–Crippen MR) is 91.0 cm³/mol. The van der Waals surface area contributed by atoms with Crippen LogP contribution in [-0.4, -0.2) is 42.3 Å². The van der Waals surface area contributed by atoms with Gasteiger partial charge in [0.1, 0.15) is 0 Å². The first-order chi connectivity index (χ1) is 11.5. The molecule has 2 heterocycles. The molecule has 7 heteroatoms. The normalized spacial score (nSPS) is 19.0. The summed E-state index contributed by atoms with van der Waals surface area (Å²) in [6.07, 6.45) is 1.72. The van der Waals surface area contributed by atoms with Crippen LogP contribution in [0.3, 0.4) is 0 Å². The fourth-order valence-electron chi connectivity index (χ4n) is 2.93. The lowest BCUT2D eigenvalue weighted by Crippen LogP contribution is -2.35. The lowest BCUT2D eigenvalue weighted by molar-refractivity contribution is 0.0966. The Balaban J connectivity index is 1.91. The van der Waals surface area contributed by atoms with Crippen molar-refractivity contribution < 1.29 is 13.2 Å². The summed E-state index contributed by atoms with van der Waals surface area (Å²) in [6.45, 7) is 6.46. The molecule has 0 aliphatic carbocycles. The molecule has 6 nitrogen and oxygen atoms in total. The molecule has 1 aliphatic heterocycles. The molecule has 1 atom stereocenters. The minimum Gasteiger partial charge on any atom is -0.381 e. The largest absolute Gasteiger partial charge is 0.381 e. The molecular weight excluding hydrogens is 326 g/mol. The molecule has 1 aromatic carbocycles. The second kappa shape index (κ2) is 7.04. The van der Waals surface area contributed by atoms with Crippen molar-refractivity contribution in [2.24, 2.45) is 5.92 Å². The van der Waals surface area contributed by atoms with Crippen molar-refractivity contribution in [1.82, 2.24) is 14.1 Å². The maximum atomic E-state index is 13.1. The highest BCUT2D eigenvalue weighted by molar-refractivity contribution is 7.89. The second-order valence-electron chi connectivity index (χ2n) is 6.14. The van der Waals surface area contributed by atoms with Crippen LogP contribution in [0.4, 0.5) is 0 Å². The number of benzene rings is 1. The molecule has 0 saturated heterocycles. The number of nitrogens with zero attached hydrogens (tertiary/aromatic N) is 3. The first-order valence-corrected chi connectivity index (χ1v) is 9.60. The number of aryl methyl sites for hydroxylation is 1. The van der Waals surface area contributed by atoms with E-state index in [-0.39, 0.29) is 5.92 Å². The average molecular weight is 349 g/mol. The minimum atomic E-state index is -3.54. The van der Waals surface area contributed by atoms with Crippen LogP contribution in [0.5, 0.6) is 0 Å². The van der Waals surface area contributed by atoms with Crippen molar-refractivity contribution in [2.45, 2.75) is 31.8 Å². The first kappa shape index (κ1) is 17.1. The Bertz CT molecular complexity index is 784. The Hall–Kier alpha value is -1.70. The summed E-state index contributed by atoms with van der Waals surface area (Å²) in [5, 5.41) is 4.32. The molecule has 0 bridgehead atoms. The number of hydrogen-bond acceptors (Lipinski definition) is 4. The summed E-state index contributed by atoms with van der Waals surface area (Å²) in [6, 6.07) is 8.87. The summed E-state index contributed by atoms with van der Waals surface area (Å²) < 4.78 is 35.1. The van der Waals surface area contributed by atoms with Gasteiger partial charge < -0.3 is 4.74 Å². The summed E-state index contributed by atoms with van der Waals surface area (Å²) in [7, 11) is -3.54. The van der Waals surface area contributed by atoms with Gasteiger partial charge in [0.15, 0.2) is 0 Å². The molecule has 0 amide bonds. The smallest absolute Gasteiger partial charge is 0.243 e. The molecule has 0 spiro atoms. The van der Waals surface area contributed by atoms with Gasteiger partial charge in [0.05, 0.1) is 23.7 Å². The number of hydrogen-bond donors (Lipinski definition) is 0. The van der Waals surface area contributed by atoms with Gasteiger partial charge in [0.2, 0.25) is 10.0 Å². The van der Waals surface area contributed by atoms with Crippen LogP contribution in [0.2, 0.25) is 0 Å². The van der Waals surface area contributed by atoms with Crippen molar-refractivity contribution in [3.63, 3.8) is 0 Å². The van der Waals surface area contributed by atoms with Gasteiger partial charge in [-0.25, -0.2) is 8.42 Å². The zero-order chi connectivity index (χ0) is 17.2. The highest BCUT2D eigenvalue weighted by Gasteiger charge is 2.31. The second-order valence-corrected chi connectivity index (χ2v) is 8.08. The molecule has 0 N–H and O–H groups in total. The third-order valence-corrected chi connectivity index (χ3v) is 6.08. The Morgan fingerprint density at radius 3 is 2.67 bits per heavy atom. The van der Waals surface area contributed by atoms with Gasteiger partial charge in [0.25, 0.3) is 0 Å². The number of sulfonamides is 1. The lowest BCUT2D eigenvalue weighted by atomic mass is 10.1. The van der Waals surface area contributed by atoms with Crippen LogP contribution in [-0.2, 0) is 27.8 Å². The van der Waals surface area contributed by atoms with Crippen molar-refractivity contribution in [3.05, 3.63) is 47.8 Å². The first-order valence-electron chi connectivity index (χ1n) is 8.16. The van der Waals surface area contributed by atoms with Crippen LogP contribution in [0.15, 0.2) is 41.4 Å². The Morgan fingerprint density at radius 2 is 1.96 bits per heavy atom. The molecular formula is C17H23N3O3S. The van der Waals surface area contributed by atoms with E-state index in [2.05, 4.69) is 5.10 Å². The highest BCUT2D eigenvalue weighted by atomic mass is 32.2. The number of ether oxygens (including phenoxy) is 1. The van der Waals surface area contributed by atoms with E-state index < -0.39 is 10.0 Å². The highest BCUT2D eigenvalue weighted by Crippen LogP contribution is 2.24. The molecule has 2 aromatic rings. The number of rotatable bonds is 5. The van der Waals surface area contributed by atoms with Crippen molar-refractivity contribution in [1.29, 1.82) is 0 Å². The fourth-order valence-corrected chi connectivity index (χ4v) is 4.41. The topological polar surface area (TPSA) is 64.4 Å². The predicted octanol–water partition coefficient (Wildman–Crippen LogP) is 2.05. The SMILES string of the molecule is CCOCC1CN(S(=O)(=O)c2ccc(C)cc2)Cc2ccnn2C1. The van der Waals surface area contributed by atoms with E-state index in [1.54, 1.807) is 22.6 Å². The van der Waals surface area contributed by atoms with E-state index in [0.29, 0.717) is 37.7 Å². The number of aromatic nitrogens is 2. The van der Waals surface area contributed by atoms with E-state index in [4.69, 9.17) is 4.74 Å². The van der Waals surface area contributed by atoms with E-state index in [0.717, 1.165) is 11.3 Å². The molecule has 130 valence electrons. The van der Waals surface area contributed by atoms with Gasteiger partial charge in [-0.1, -0.05) is 17.7 Å². The molecule has 0 fully saturated rings. The van der Waals surface area contributed by atoms with E-state index >= 15 is 0 Å². The molecule has 0 radical (unpaired) electrons. The summed E-state index contributed by atoms with van der Waals surface area (Å²) in [4.78, 5) is 0.330. The summed E-state index contributed by atoms with van der Waals surface area (Å²) in [5.74, 6) is 0.0753. The maximum absolute atomic E-state index is 13.1. The Kier molecular flexibility index (Phi) is 5.03. The van der Waals surface area contributed by atoms with Crippen molar-refractivity contribution >= 4 is 10.0 Å². The van der Waals surface area contributed by atoms with E-state index in [1.807, 2.05) is 36.7 Å². The van der Waals surface area contributed by atoms with Gasteiger partial charge in [-0.05, 0) is 32.0 Å². The Labute approximate surface area is 143 Å². The average Bonchev–Trinajstić information content (AvgIpc) is 2.91. The van der Waals surface area contributed by atoms with Crippen LogP contribution in [0.1, 0.15) is 18.2 Å². The van der Waals surface area contributed by atoms with Crippen LogP contribution in [0, 0.1) is 12.8 Å². The van der Waals surface area contributed by atoms with Crippen LogP contribution >= 0.6 is 0 Å². The monoisotopic (exact) mass is 349 g/mol. The van der Waals surface area contributed by atoms with Crippen molar-refractivity contribution in [2.75, 3.05) is 19.8 Å². The molecule has 1 unspecified atom stereocenters. The number of fused-ring (bicyclic) bond motifs is 1. The zero-order valence-electron chi connectivity index (χ0n) is 14.1. The van der Waals surface area contributed by atoms with Crippen LogP contribution in [0.25, 0.3) is 0 Å². The van der Waals surface area contributed by atoms with Crippen molar-refractivity contribution in [3.8, 4) is 0 Å². The lowest BCUT2D eigenvalue weighted by Gasteiger charge is -2.23. The summed E-state index contributed by atoms with van der Waals surface area (Å²) >= 11 is 0. The molecule has 1 aliphatic rings. The molecule has 3 rings (SSSR count). The van der Waals surface area contributed by atoms with E-state index in [9.17, 15) is 8.42 Å². The zero-order valence-corrected chi connectivity index (χ0v) is 14.9. The van der Waals surface area contributed by atoms with Gasteiger partial charge in [-0.15, -0.1) is 0 Å². The molecule has 24 heavy (non-hydrogen) atoms. The van der Waals surface area contributed by atoms with Gasteiger partial charge in [-0.2, -0.15) is 9.40 Å². The summed E-state index contributed by atoms with van der Waals surface area (Å²) in [5.41, 5.74) is 1.95. The third kappa shape index (κ3) is 3.53. The van der Waals surface area contributed by atoms with Crippen LogP contribution < -0.4 is 0 Å². The quantitative estimate of drug-likeness (QED) is 0.829.